The van der Waals surface area contributed by atoms with Crippen LogP contribution in [0, 0.1) is 6.92 Å². The average molecular weight is 619 g/mol. The fourth-order valence-electron chi connectivity index (χ4n) is 3.82. The van der Waals surface area contributed by atoms with Crippen molar-refractivity contribution in [2.24, 2.45) is 0 Å². The van der Waals surface area contributed by atoms with E-state index in [1.807, 2.05) is 31.2 Å². The molecule has 44 heavy (non-hydrogen) atoms. The Kier molecular flexibility index (Phi) is 14.7. The third-order valence-electron chi connectivity index (χ3n) is 5.66. The number of nitrogens with one attached hydrogen (secondary N) is 4. The Morgan fingerprint density at radius 2 is 1.20 bits per heavy atom. The topological polar surface area (TPSA) is 144 Å². The number of benzene rings is 1. The molecule has 0 aliphatic heterocycles. The number of aryl methyl sites for hydroxylation is 1. The molecule has 1 aromatic rings. The third-order valence-corrected chi connectivity index (χ3v) is 5.66. The van der Waals surface area contributed by atoms with Crippen LogP contribution in [0.3, 0.4) is 0 Å². The number of hydrogen-bond acceptors (Lipinski definition) is 9. The molecular weight excluding hydrogens is 564 g/mol. The van der Waals surface area contributed by atoms with Crippen LogP contribution < -0.4 is 21.3 Å². The fraction of sp³-hybridized carbons (Fsp3) is 0.636. The summed E-state index contributed by atoms with van der Waals surface area (Å²) in [5.74, 6) is -1.15. The molecule has 1 rings (SSSR count). The van der Waals surface area contributed by atoms with Crippen molar-refractivity contribution in [1.82, 2.24) is 16.0 Å². The van der Waals surface area contributed by atoms with Gasteiger partial charge in [-0.15, -0.1) is 0 Å². The smallest absolute Gasteiger partial charge is 0.329 e. The lowest BCUT2D eigenvalue weighted by Crippen LogP contribution is -2.53. The zero-order valence-electron chi connectivity index (χ0n) is 28.3. The highest BCUT2D eigenvalue weighted by molar-refractivity contribution is 5.87. The van der Waals surface area contributed by atoms with Crippen LogP contribution in [0.2, 0.25) is 0 Å². The van der Waals surface area contributed by atoms with E-state index in [0.29, 0.717) is 31.6 Å². The van der Waals surface area contributed by atoms with Crippen LogP contribution in [0.15, 0.2) is 36.7 Å². The number of anilines is 1. The Balaban J connectivity index is 2.81. The molecule has 0 aromatic heterocycles. The summed E-state index contributed by atoms with van der Waals surface area (Å²) in [6, 6.07) is 5.09. The molecule has 0 bridgehead atoms. The van der Waals surface area contributed by atoms with Crippen molar-refractivity contribution in [3.05, 3.63) is 42.2 Å². The van der Waals surface area contributed by atoms with E-state index in [1.165, 1.54) is 0 Å². The minimum absolute atomic E-state index is 0.0411. The van der Waals surface area contributed by atoms with E-state index >= 15 is 0 Å². The van der Waals surface area contributed by atoms with Crippen LogP contribution in [0.1, 0.15) is 100.0 Å². The Morgan fingerprint density at radius 1 is 0.727 bits per heavy atom. The number of hydrogen-bond donors (Lipinski definition) is 4. The first-order chi connectivity index (χ1) is 20.1. The summed E-state index contributed by atoms with van der Waals surface area (Å²) >= 11 is 0. The van der Waals surface area contributed by atoms with E-state index in [1.54, 1.807) is 62.3 Å². The maximum Gasteiger partial charge on any atom is 0.329 e. The lowest BCUT2D eigenvalue weighted by Gasteiger charge is -2.27. The van der Waals surface area contributed by atoms with Crippen molar-refractivity contribution in [2.45, 2.75) is 130 Å². The zero-order valence-corrected chi connectivity index (χ0v) is 28.3. The summed E-state index contributed by atoms with van der Waals surface area (Å²) in [5, 5.41) is 11.6. The molecule has 0 spiro atoms. The van der Waals surface area contributed by atoms with Crippen LogP contribution in [0.5, 0.6) is 0 Å². The first-order valence-corrected chi connectivity index (χ1v) is 15.1. The SMILES string of the molecule is C=C(NCCCC[C@H](NC(=O)N[C@@H](CCC(=O)OC(C)(C)C)C(=O)OC(C)(C)C)C(=O)OC(C)(C)C)Nc1ccc(C)cc1. The molecule has 4 N–H and O–H groups in total. The van der Waals surface area contributed by atoms with Gasteiger partial charge in [-0.1, -0.05) is 24.3 Å². The molecule has 0 unspecified atom stereocenters. The maximum atomic E-state index is 13.1. The monoisotopic (exact) mass is 618 g/mol. The van der Waals surface area contributed by atoms with Gasteiger partial charge >= 0.3 is 23.9 Å². The van der Waals surface area contributed by atoms with Crippen molar-refractivity contribution in [3.63, 3.8) is 0 Å². The molecule has 0 aliphatic rings. The Morgan fingerprint density at radius 3 is 1.68 bits per heavy atom. The first kappa shape index (κ1) is 38.3. The molecule has 11 heteroatoms. The first-order valence-electron chi connectivity index (χ1n) is 15.1. The van der Waals surface area contributed by atoms with E-state index < -0.39 is 52.8 Å². The lowest BCUT2D eigenvalue weighted by molar-refractivity contribution is -0.159. The molecular formula is C33H54N4O7. The van der Waals surface area contributed by atoms with E-state index in [2.05, 4.69) is 27.8 Å². The molecule has 0 saturated carbocycles. The number of rotatable bonds is 15. The summed E-state index contributed by atoms with van der Waals surface area (Å²) < 4.78 is 16.3. The van der Waals surface area contributed by atoms with Gasteiger partial charge in [-0.25, -0.2) is 14.4 Å². The van der Waals surface area contributed by atoms with Crippen molar-refractivity contribution in [1.29, 1.82) is 0 Å². The van der Waals surface area contributed by atoms with E-state index in [9.17, 15) is 19.2 Å². The molecule has 11 nitrogen and oxygen atoms in total. The van der Waals surface area contributed by atoms with Gasteiger partial charge in [0.25, 0.3) is 0 Å². The van der Waals surface area contributed by atoms with Crippen molar-refractivity contribution in [2.75, 3.05) is 11.9 Å². The molecule has 0 saturated heterocycles. The van der Waals surface area contributed by atoms with Gasteiger partial charge in [0, 0.05) is 18.7 Å². The predicted molar refractivity (Wildman–Crippen MR) is 172 cm³/mol. The van der Waals surface area contributed by atoms with Crippen LogP contribution in [-0.4, -0.2) is 59.4 Å². The number of ether oxygens (including phenoxy) is 3. The standard InChI is InChI=1S/C33H54N4O7/c1-22-15-17-24(18-16-22)35-23(2)34-21-13-12-14-25(28(39)43-32(6,7)8)36-30(41)37-26(29(40)44-33(9,10)11)19-20-27(38)42-31(3,4)5/h15-18,25-26,34-35H,2,12-14,19-21H2,1,3-11H3,(H2,36,37,41)/t25-,26-/m0/s1. The van der Waals surface area contributed by atoms with Gasteiger partial charge in [-0.2, -0.15) is 0 Å². The number of carbonyl (C=O) groups is 4. The van der Waals surface area contributed by atoms with Gasteiger partial charge in [0.05, 0.1) is 5.82 Å². The van der Waals surface area contributed by atoms with Crippen molar-refractivity contribution < 1.29 is 33.4 Å². The van der Waals surface area contributed by atoms with Gasteiger partial charge in [0.2, 0.25) is 0 Å². The van der Waals surface area contributed by atoms with Crippen LogP contribution >= 0.6 is 0 Å². The predicted octanol–water partition coefficient (Wildman–Crippen LogP) is 5.48. The van der Waals surface area contributed by atoms with Gasteiger partial charge in [0.15, 0.2) is 0 Å². The summed E-state index contributed by atoms with van der Waals surface area (Å²) in [5.41, 5.74) is -0.181. The molecule has 1 aromatic carbocycles. The Bertz CT molecular complexity index is 1110. The highest BCUT2D eigenvalue weighted by atomic mass is 16.6. The second-order valence-corrected chi connectivity index (χ2v) is 13.8. The van der Waals surface area contributed by atoms with Crippen LogP contribution in [0.25, 0.3) is 0 Å². The molecule has 0 aliphatic carbocycles. The highest BCUT2D eigenvalue weighted by Gasteiger charge is 2.31. The largest absolute Gasteiger partial charge is 0.460 e. The Labute approximate surface area is 263 Å². The summed E-state index contributed by atoms with van der Waals surface area (Å²) in [7, 11) is 0. The quantitative estimate of drug-likeness (QED) is 0.114. The second-order valence-electron chi connectivity index (χ2n) is 13.8. The van der Waals surface area contributed by atoms with E-state index in [0.717, 1.165) is 11.3 Å². The summed E-state index contributed by atoms with van der Waals surface area (Å²) in [4.78, 5) is 51.3. The molecule has 0 heterocycles. The fourth-order valence-corrected chi connectivity index (χ4v) is 3.82. The maximum absolute atomic E-state index is 13.1. The minimum atomic E-state index is -1.14. The third kappa shape index (κ3) is 18.0. The van der Waals surface area contributed by atoms with E-state index in [-0.39, 0.29) is 12.8 Å². The number of unbranched alkanes of at least 4 members (excludes halogenated alkanes) is 1. The van der Waals surface area contributed by atoms with E-state index in [4.69, 9.17) is 14.2 Å². The minimum Gasteiger partial charge on any atom is -0.460 e. The second kappa shape index (κ2) is 16.9. The van der Waals surface area contributed by atoms with Crippen molar-refractivity contribution >= 4 is 29.6 Å². The average Bonchev–Trinajstić information content (AvgIpc) is 2.83. The van der Waals surface area contributed by atoms with Crippen LogP contribution in [0.4, 0.5) is 10.5 Å². The van der Waals surface area contributed by atoms with Gasteiger partial charge in [-0.3, -0.25) is 4.79 Å². The zero-order chi connectivity index (χ0) is 33.7. The molecule has 2 atom stereocenters. The van der Waals surface area contributed by atoms with Gasteiger partial charge in [0.1, 0.15) is 28.9 Å². The number of urea groups is 1. The number of amides is 2. The molecule has 0 radical (unpaired) electrons. The summed E-state index contributed by atoms with van der Waals surface area (Å²) in [6.45, 7) is 22.2. The number of esters is 3. The lowest BCUT2D eigenvalue weighted by atomic mass is 10.1. The van der Waals surface area contributed by atoms with Gasteiger partial charge in [-0.05, 0) is 107 Å². The number of carbonyl (C=O) groups excluding carboxylic acids is 4. The molecule has 0 fully saturated rings. The Hall–Kier alpha value is -3.76. The molecule has 2 amide bonds. The molecule has 248 valence electrons. The highest BCUT2D eigenvalue weighted by Crippen LogP contribution is 2.15. The van der Waals surface area contributed by atoms with Gasteiger partial charge < -0.3 is 35.5 Å². The van der Waals surface area contributed by atoms with Crippen molar-refractivity contribution in [3.8, 4) is 0 Å². The van der Waals surface area contributed by atoms with Crippen LogP contribution in [-0.2, 0) is 28.6 Å². The normalized spacial score (nSPS) is 13.1. The summed E-state index contributed by atoms with van der Waals surface area (Å²) in [6.07, 6.45) is 1.42.